The van der Waals surface area contributed by atoms with Crippen LogP contribution in [0.5, 0.6) is 0 Å². The van der Waals surface area contributed by atoms with Crippen molar-refractivity contribution in [2.45, 2.75) is 83.3 Å². The topological polar surface area (TPSA) is 129 Å². The number of rotatable bonds is 12. The van der Waals surface area contributed by atoms with Gasteiger partial charge in [0, 0.05) is 51.8 Å². The molecular weight excluding hydrogens is 577 g/mol. The standard InChI is InChI=1S/C33H46FN7O4/c1-3-41-28(13-14-35-41)31(43)38-30(24-7-5-4-6-8-24)32(44)37-26-12-11-23(19-25(26)34)20-27(36-29(42)21-22-9-10-22)33(45)40-17-15-39(2)16-18-40/h11-14,19,22,24,27,30H,3-10,15-18,20-21H2,1-2H3,(H,36,42)(H,37,44)(H,38,43)/t27-,30+/m1/s1. The highest BCUT2D eigenvalue weighted by molar-refractivity contribution is 6.00. The molecule has 1 saturated heterocycles. The fourth-order valence-corrected chi connectivity index (χ4v) is 6.38. The minimum atomic E-state index is -0.829. The molecule has 2 aromatic rings. The molecular formula is C33H46FN7O4. The number of carbonyl (C=O) groups excluding carboxylic acids is 4. The fourth-order valence-electron chi connectivity index (χ4n) is 6.38. The van der Waals surface area contributed by atoms with Crippen LogP contribution in [0.1, 0.15) is 74.3 Å². The molecule has 1 aromatic carbocycles. The Bertz CT molecular complexity index is 1360. The Morgan fingerprint density at radius 2 is 1.71 bits per heavy atom. The number of anilines is 1. The number of halogens is 1. The number of nitrogens with one attached hydrogen (secondary N) is 3. The van der Waals surface area contributed by atoms with Gasteiger partial charge in [0.1, 0.15) is 23.6 Å². The second-order valence-electron chi connectivity index (χ2n) is 12.8. The van der Waals surface area contributed by atoms with Gasteiger partial charge in [-0.05, 0) is 75.3 Å². The van der Waals surface area contributed by atoms with E-state index in [1.165, 1.54) is 12.1 Å². The van der Waals surface area contributed by atoms with E-state index in [2.05, 4.69) is 25.9 Å². The van der Waals surface area contributed by atoms with Crippen molar-refractivity contribution in [2.24, 2.45) is 11.8 Å². The molecule has 0 radical (unpaired) electrons. The highest BCUT2D eigenvalue weighted by Crippen LogP contribution is 2.32. The third kappa shape index (κ3) is 8.68. The maximum absolute atomic E-state index is 15.5. The van der Waals surface area contributed by atoms with Crippen LogP contribution in [0.25, 0.3) is 0 Å². The van der Waals surface area contributed by atoms with Gasteiger partial charge in [0.15, 0.2) is 0 Å². The number of likely N-dealkylation sites (N-methyl/N-ethyl adjacent to an activating group) is 1. The van der Waals surface area contributed by atoms with Crippen molar-refractivity contribution < 1.29 is 23.6 Å². The Balaban J connectivity index is 1.28. The number of piperazine rings is 1. The van der Waals surface area contributed by atoms with Crippen LogP contribution in [0.4, 0.5) is 10.1 Å². The molecule has 3 N–H and O–H groups in total. The number of nitrogens with zero attached hydrogens (tertiary/aromatic N) is 4. The molecule has 2 atom stereocenters. The SMILES string of the molecule is CCn1nccc1C(=O)N[C@H](C(=O)Nc1ccc(C[C@@H](NC(=O)CC2CC2)C(=O)N2CCN(C)CC2)cc1F)C1CCCCC1. The summed E-state index contributed by atoms with van der Waals surface area (Å²) >= 11 is 0. The maximum atomic E-state index is 15.5. The highest BCUT2D eigenvalue weighted by atomic mass is 19.1. The molecule has 0 spiro atoms. The lowest BCUT2D eigenvalue weighted by Crippen LogP contribution is -2.55. The van der Waals surface area contributed by atoms with Gasteiger partial charge in [0.05, 0.1) is 5.69 Å². The Labute approximate surface area is 264 Å². The average Bonchev–Trinajstić information content (AvgIpc) is 3.71. The quantitative estimate of drug-likeness (QED) is 0.334. The lowest BCUT2D eigenvalue weighted by Gasteiger charge is -2.35. The van der Waals surface area contributed by atoms with Gasteiger partial charge in [-0.25, -0.2) is 4.39 Å². The van der Waals surface area contributed by atoms with E-state index >= 15 is 4.39 Å². The molecule has 0 unspecified atom stereocenters. The normalized spacial score (nSPS) is 19.0. The lowest BCUT2D eigenvalue weighted by molar-refractivity contribution is -0.137. The van der Waals surface area contributed by atoms with Crippen LogP contribution in [-0.2, 0) is 27.3 Å². The van der Waals surface area contributed by atoms with Gasteiger partial charge in [0.2, 0.25) is 17.7 Å². The Hall–Kier alpha value is -3.80. The Morgan fingerprint density at radius 3 is 2.38 bits per heavy atom. The van der Waals surface area contributed by atoms with Gasteiger partial charge in [-0.1, -0.05) is 25.3 Å². The third-order valence-electron chi connectivity index (χ3n) is 9.29. The molecule has 3 fully saturated rings. The van der Waals surface area contributed by atoms with Crippen LogP contribution in [0.15, 0.2) is 30.5 Å². The molecule has 3 aliphatic rings. The zero-order valence-corrected chi connectivity index (χ0v) is 26.4. The summed E-state index contributed by atoms with van der Waals surface area (Å²) in [5, 5.41) is 12.7. The van der Waals surface area contributed by atoms with E-state index in [1.807, 2.05) is 14.0 Å². The van der Waals surface area contributed by atoms with Gasteiger partial charge in [-0.2, -0.15) is 5.10 Å². The second-order valence-corrected chi connectivity index (χ2v) is 12.8. The molecule has 45 heavy (non-hydrogen) atoms. The lowest BCUT2D eigenvalue weighted by atomic mass is 9.83. The molecule has 2 aliphatic carbocycles. The summed E-state index contributed by atoms with van der Waals surface area (Å²) in [6.45, 7) is 5.05. The van der Waals surface area contributed by atoms with Crippen molar-refractivity contribution in [2.75, 3.05) is 38.5 Å². The first kappa shape index (κ1) is 32.6. The minimum absolute atomic E-state index is 0.00267. The molecule has 11 nitrogen and oxygen atoms in total. The molecule has 1 aromatic heterocycles. The number of hydrogen-bond donors (Lipinski definition) is 3. The predicted molar refractivity (Wildman–Crippen MR) is 168 cm³/mol. The van der Waals surface area contributed by atoms with E-state index in [0.717, 1.165) is 58.0 Å². The van der Waals surface area contributed by atoms with E-state index in [9.17, 15) is 19.2 Å². The van der Waals surface area contributed by atoms with Crippen molar-refractivity contribution in [1.82, 2.24) is 30.2 Å². The number of amides is 4. The van der Waals surface area contributed by atoms with Gasteiger partial charge in [0.25, 0.3) is 5.91 Å². The Morgan fingerprint density at radius 1 is 0.978 bits per heavy atom. The number of hydrogen-bond acceptors (Lipinski definition) is 6. The molecule has 2 heterocycles. The van der Waals surface area contributed by atoms with Gasteiger partial charge >= 0.3 is 0 Å². The van der Waals surface area contributed by atoms with Crippen LogP contribution >= 0.6 is 0 Å². The number of carbonyl (C=O) groups is 4. The highest BCUT2D eigenvalue weighted by Gasteiger charge is 2.33. The van der Waals surface area contributed by atoms with E-state index < -0.39 is 29.7 Å². The predicted octanol–water partition coefficient (Wildman–Crippen LogP) is 2.96. The van der Waals surface area contributed by atoms with Crippen LogP contribution in [-0.4, -0.2) is 88.5 Å². The van der Waals surface area contributed by atoms with Crippen LogP contribution < -0.4 is 16.0 Å². The molecule has 244 valence electrons. The largest absolute Gasteiger partial charge is 0.344 e. The molecule has 1 aliphatic heterocycles. The number of benzene rings is 1. The smallest absolute Gasteiger partial charge is 0.270 e. The van der Waals surface area contributed by atoms with E-state index in [0.29, 0.717) is 43.2 Å². The average molecular weight is 624 g/mol. The van der Waals surface area contributed by atoms with E-state index in [4.69, 9.17) is 0 Å². The van der Waals surface area contributed by atoms with Crippen molar-refractivity contribution in [1.29, 1.82) is 0 Å². The van der Waals surface area contributed by atoms with Crippen molar-refractivity contribution in [3.05, 3.63) is 47.5 Å². The summed E-state index contributed by atoms with van der Waals surface area (Å²) in [4.78, 5) is 56.8. The maximum Gasteiger partial charge on any atom is 0.270 e. The first-order valence-electron chi connectivity index (χ1n) is 16.4. The van der Waals surface area contributed by atoms with Crippen molar-refractivity contribution in [3.8, 4) is 0 Å². The molecule has 4 amide bonds. The summed E-state index contributed by atoms with van der Waals surface area (Å²) in [6.07, 6.45) is 8.73. The monoisotopic (exact) mass is 623 g/mol. The summed E-state index contributed by atoms with van der Waals surface area (Å²) in [7, 11) is 2.01. The van der Waals surface area contributed by atoms with Crippen LogP contribution in [0.2, 0.25) is 0 Å². The van der Waals surface area contributed by atoms with Crippen molar-refractivity contribution >= 4 is 29.3 Å². The summed E-state index contributed by atoms with van der Waals surface area (Å²) in [6, 6.07) is 4.44. The first-order chi connectivity index (χ1) is 21.7. The number of aryl methyl sites for hydroxylation is 1. The van der Waals surface area contributed by atoms with Gasteiger partial charge < -0.3 is 25.8 Å². The first-order valence-corrected chi connectivity index (χ1v) is 16.4. The van der Waals surface area contributed by atoms with E-state index in [-0.39, 0.29) is 29.8 Å². The molecule has 12 heteroatoms. The molecule has 2 saturated carbocycles. The summed E-state index contributed by atoms with van der Waals surface area (Å²) in [5.74, 6) is -1.53. The minimum Gasteiger partial charge on any atom is -0.344 e. The molecule has 0 bridgehead atoms. The zero-order valence-electron chi connectivity index (χ0n) is 26.4. The Kier molecular flexibility index (Phi) is 10.9. The van der Waals surface area contributed by atoms with Crippen LogP contribution in [0, 0.1) is 17.7 Å². The summed E-state index contributed by atoms with van der Waals surface area (Å²) in [5.41, 5.74) is 0.901. The second kappa shape index (κ2) is 15.0. The zero-order chi connectivity index (χ0) is 31.9. The molecule has 5 rings (SSSR count). The van der Waals surface area contributed by atoms with Crippen LogP contribution in [0.3, 0.4) is 0 Å². The van der Waals surface area contributed by atoms with E-state index in [1.54, 1.807) is 27.9 Å². The number of aromatic nitrogens is 2. The third-order valence-corrected chi connectivity index (χ3v) is 9.29. The van der Waals surface area contributed by atoms with Gasteiger partial charge in [-0.15, -0.1) is 0 Å². The van der Waals surface area contributed by atoms with Crippen molar-refractivity contribution in [3.63, 3.8) is 0 Å². The summed E-state index contributed by atoms with van der Waals surface area (Å²) < 4.78 is 17.1. The fraction of sp³-hybridized carbons (Fsp3) is 0.606. The van der Waals surface area contributed by atoms with Gasteiger partial charge in [-0.3, -0.25) is 23.9 Å².